The number of rotatable bonds is 13. The Hall–Kier alpha value is -4.15. The molecule has 1 aliphatic carbocycles. The van der Waals surface area contributed by atoms with Crippen molar-refractivity contribution in [2.45, 2.75) is 82.1 Å². The summed E-state index contributed by atoms with van der Waals surface area (Å²) in [6.45, 7) is 4.18. The van der Waals surface area contributed by atoms with Gasteiger partial charge in [-0.25, -0.2) is 0 Å². The van der Waals surface area contributed by atoms with Crippen molar-refractivity contribution >= 4 is 16.8 Å². The van der Waals surface area contributed by atoms with E-state index in [1.165, 1.54) is 22.1 Å². The number of hydrogen-bond acceptors (Lipinski definition) is 7. The van der Waals surface area contributed by atoms with Gasteiger partial charge in [0.1, 0.15) is 6.10 Å². The van der Waals surface area contributed by atoms with E-state index >= 15 is 0 Å². The molecule has 1 spiro atoms. The molecule has 2 aromatic carbocycles. The number of amides is 1. The molecule has 0 fully saturated rings. The number of aromatic amines is 1. The predicted molar refractivity (Wildman–Crippen MR) is 176 cm³/mol. The summed E-state index contributed by atoms with van der Waals surface area (Å²) < 4.78 is 14.0. The van der Waals surface area contributed by atoms with Crippen LogP contribution in [0.5, 0.6) is 11.5 Å². The van der Waals surface area contributed by atoms with Gasteiger partial charge in [0.2, 0.25) is 5.91 Å². The highest BCUT2D eigenvalue weighted by molar-refractivity contribution is 5.83. The van der Waals surface area contributed by atoms with Crippen molar-refractivity contribution in [2.75, 3.05) is 26.7 Å². The topological polar surface area (TPSA) is 118 Å². The van der Waals surface area contributed by atoms with Crippen LogP contribution in [-0.2, 0) is 36.1 Å². The number of aromatic nitrogens is 4. The Kier molecular flexibility index (Phi) is 8.82. The molecule has 4 aromatic rings. The van der Waals surface area contributed by atoms with Crippen LogP contribution < -0.4 is 14.8 Å². The maximum atomic E-state index is 12.4. The highest BCUT2D eigenvalue weighted by Gasteiger charge is 2.52. The molecular weight excluding hydrogens is 580 g/mol. The molecule has 0 saturated carbocycles. The third-order valence-corrected chi connectivity index (χ3v) is 9.96. The lowest BCUT2D eigenvalue weighted by Gasteiger charge is -2.35. The van der Waals surface area contributed by atoms with Gasteiger partial charge in [0.25, 0.3) is 0 Å². The molecular formula is C36H44N6O4. The van der Waals surface area contributed by atoms with Crippen LogP contribution >= 0.6 is 0 Å². The van der Waals surface area contributed by atoms with E-state index in [0.29, 0.717) is 25.9 Å². The van der Waals surface area contributed by atoms with Crippen LogP contribution in [0.1, 0.15) is 60.9 Å². The second kappa shape index (κ2) is 13.3. The second-order valence-corrected chi connectivity index (χ2v) is 13.0. The van der Waals surface area contributed by atoms with E-state index in [4.69, 9.17) is 9.47 Å². The lowest BCUT2D eigenvalue weighted by atomic mass is 9.69. The van der Waals surface area contributed by atoms with E-state index in [-0.39, 0.29) is 17.4 Å². The molecule has 3 atom stereocenters. The number of carbonyl (C=O) groups excluding carboxylic acids is 1. The van der Waals surface area contributed by atoms with Crippen molar-refractivity contribution in [3.05, 3.63) is 83.3 Å². The normalized spacial score (nSPS) is 21.9. The number of hydrogen-bond donors (Lipinski definition) is 3. The number of unbranched alkanes of at least 4 members (excludes halogenated alkanes) is 1. The van der Waals surface area contributed by atoms with Gasteiger partial charge in [0.05, 0.1) is 24.3 Å². The maximum absolute atomic E-state index is 12.4. The molecule has 7 rings (SSSR count). The molecule has 3 N–H and O–H groups in total. The SMILES string of the molecule is COc1ccc2c3c1O[C@H]1C[C@@H](O)C=C[C@@]31CCN(CCCCc1cn(CCCC(=O)NCCc3c[nH]c4ccccc34)nn1)C2. The summed E-state index contributed by atoms with van der Waals surface area (Å²) in [6.07, 6.45) is 14.2. The first-order chi connectivity index (χ1) is 22.5. The minimum atomic E-state index is -0.469. The fourth-order valence-corrected chi connectivity index (χ4v) is 7.55. The number of methoxy groups -OCH3 is 1. The lowest BCUT2D eigenvalue weighted by Crippen LogP contribution is -2.43. The van der Waals surface area contributed by atoms with Crippen molar-refractivity contribution in [3.8, 4) is 11.5 Å². The van der Waals surface area contributed by atoms with Gasteiger partial charge in [0.15, 0.2) is 11.5 Å². The third-order valence-electron chi connectivity index (χ3n) is 9.96. The number of aliphatic hydroxyl groups excluding tert-OH is 1. The Labute approximate surface area is 269 Å². The number of aryl methyl sites for hydroxylation is 2. The molecule has 0 saturated heterocycles. The molecule has 0 bridgehead atoms. The first-order valence-corrected chi connectivity index (χ1v) is 16.7. The highest BCUT2D eigenvalue weighted by Crippen LogP contribution is 2.55. The summed E-state index contributed by atoms with van der Waals surface area (Å²) in [5, 5.41) is 23.3. The minimum Gasteiger partial charge on any atom is -0.493 e. The average molecular weight is 625 g/mol. The van der Waals surface area contributed by atoms with Gasteiger partial charge in [-0.3, -0.25) is 14.4 Å². The minimum absolute atomic E-state index is 0.0644. The summed E-state index contributed by atoms with van der Waals surface area (Å²) in [5.74, 6) is 1.71. The largest absolute Gasteiger partial charge is 0.493 e. The fraction of sp³-hybridized carbons (Fsp3) is 0.472. The van der Waals surface area contributed by atoms with Crippen molar-refractivity contribution in [1.29, 1.82) is 0 Å². The molecule has 242 valence electrons. The zero-order valence-electron chi connectivity index (χ0n) is 26.6. The summed E-state index contributed by atoms with van der Waals surface area (Å²) in [7, 11) is 1.69. The van der Waals surface area contributed by atoms with Crippen molar-refractivity contribution < 1.29 is 19.4 Å². The number of nitrogens with one attached hydrogen (secondary N) is 2. The lowest BCUT2D eigenvalue weighted by molar-refractivity contribution is -0.121. The number of H-pyrrole nitrogens is 1. The molecule has 2 aromatic heterocycles. The number of benzene rings is 2. The Balaban J connectivity index is 0.838. The average Bonchev–Trinajstić information content (AvgIpc) is 3.75. The number of carbonyl (C=O) groups is 1. The predicted octanol–water partition coefficient (Wildman–Crippen LogP) is 4.46. The number of fused-ring (bicyclic) bond motifs is 1. The van der Waals surface area contributed by atoms with Gasteiger partial charge >= 0.3 is 0 Å². The molecule has 1 amide bonds. The number of ether oxygens (including phenoxy) is 2. The Morgan fingerprint density at radius 1 is 1.17 bits per heavy atom. The zero-order valence-corrected chi connectivity index (χ0v) is 26.6. The molecule has 0 radical (unpaired) electrons. The first kappa shape index (κ1) is 30.5. The maximum Gasteiger partial charge on any atom is 0.220 e. The number of aliphatic hydroxyl groups is 1. The van der Waals surface area contributed by atoms with Gasteiger partial charge in [-0.05, 0) is 74.9 Å². The number of para-hydroxylation sites is 1. The monoisotopic (exact) mass is 624 g/mol. The van der Waals surface area contributed by atoms with E-state index < -0.39 is 6.10 Å². The summed E-state index contributed by atoms with van der Waals surface area (Å²) in [5.41, 5.74) is 5.69. The Bertz CT molecular complexity index is 1710. The standard InChI is InChI=1S/C36H44N6O4/c1-45-31-12-11-26-23-41(20-16-36-15-13-28(43)21-32(36)46-35(31)34(26)36)18-5-4-7-27-24-42(40-39-27)19-6-10-33(44)37-17-14-25-22-38-30-9-3-2-8-29(25)30/h2-3,8-9,11-13,15,22,24,28,32,38,43H,4-7,10,14,16-21,23H2,1H3,(H,37,44)/t28-,32-,36-/m0/s1. The van der Waals surface area contributed by atoms with E-state index in [1.54, 1.807) is 7.11 Å². The van der Waals surface area contributed by atoms with Crippen molar-refractivity contribution in [3.63, 3.8) is 0 Å². The van der Waals surface area contributed by atoms with Crippen molar-refractivity contribution in [2.24, 2.45) is 0 Å². The van der Waals surface area contributed by atoms with Gasteiger partial charge in [-0.1, -0.05) is 41.6 Å². The van der Waals surface area contributed by atoms with Crippen LogP contribution in [0, 0.1) is 0 Å². The van der Waals surface area contributed by atoms with E-state index in [1.807, 2.05) is 41.4 Å². The quantitative estimate of drug-likeness (QED) is 0.149. The molecule has 46 heavy (non-hydrogen) atoms. The number of nitrogens with zero attached hydrogens (tertiary/aromatic N) is 4. The third kappa shape index (κ3) is 6.16. The molecule has 10 heteroatoms. The second-order valence-electron chi connectivity index (χ2n) is 13.0. The van der Waals surface area contributed by atoms with Crippen LogP contribution in [-0.4, -0.2) is 74.8 Å². The molecule has 2 aliphatic heterocycles. The first-order valence-electron chi connectivity index (χ1n) is 16.7. The van der Waals surface area contributed by atoms with Crippen LogP contribution in [0.15, 0.2) is 60.9 Å². The molecule has 0 unspecified atom stereocenters. The van der Waals surface area contributed by atoms with Crippen LogP contribution in [0.2, 0.25) is 0 Å². The highest BCUT2D eigenvalue weighted by atomic mass is 16.5. The molecule has 10 nitrogen and oxygen atoms in total. The van der Waals surface area contributed by atoms with Crippen LogP contribution in [0.25, 0.3) is 10.9 Å². The van der Waals surface area contributed by atoms with E-state index in [9.17, 15) is 9.90 Å². The van der Waals surface area contributed by atoms with Gasteiger partial charge in [-0.15, -0.1) is 5.10 Å². The molecule has 4 heterocycles. The van der Waals surface area contributed by atoms with Gasteiger partial charge in [0, 0.05) is 61.3 Å². The van der Waals surface area contributed by atoms with Crippen molar-refractivity contribution in [1.82, 2.24) is 30.2 Å². The van der Waals surface area contributed by atoms with Crippen LogP contribution in [0.4, 0.5) is 0 Å². The van der Waals surface area contributed by atoms with Gasteiger partial charge in [-0.2, -0.15) is 0 Å². The Morgan fingerprint density at radius 2 is 2.09 bits per heavy atom. The van der Waals surface area contributed by atoms with Gasteiger partial charge < -0.3 is 24.9 Å². The molecule has 3 aliphatic rings. The van der Waals surface area contributed by atoms with Crippen LogP contribution in [0.3, 0.4) is 0 Å². The fourth-order valence-electron chi connectivity index (χ4n) is 7.55. The zero-order chi connectivity index (χ0) is 31.5. The summed E-state index contributed by atoms with van der Waals surface area (Å²) in [4.78, 5) is 18.2. The summed E-state index contributed by atoms with van der Waals surface area (Å²) in [6, 6.07) is 12.4. The summed E-state index contributed by atoms with van der Waals surface area (Å²) >= 11 is 0. The smallest absolute Gasteiger partial charge is 0.220 e. The van der Waals surface area contributed by atoms with E-state index in [0.717, 1.165) is 80.9 Å². The Morgan fingerprint density at radius 3 is 3.00 bits per heavy atom. The van der Waals surface area contributed by atoms with E-state index in [2.05, 4.69) is 49.8 Å².